The first-order valence-corrected chi connectivity index (χ1v) is 9.97. The van der Waals surface area contributed by atoms with Gasteiger partial charge >= 0.3 is 5.97 Å². The molecule has 142 valence electrons. The molecule has 0 aromatic heterocycles. The topological polar surface area (TPSA) is 55.8 Å². The van der Waals surface area contributed by atoms with Crippen LogP contribution in [0.3, 0.4) is 0 Å². The predicted molar refractivity (Wildman–Crippen MR) is 99.6 cm³/mol. The Kier molecular flexibility index (Phi) is 9.27. The van der Waals surface area contributed by atoms with Crippen LogP contribution in [0.25, 0.3) is 0 Å². The summed E-state index contributed by atoms with van der Waals surface area (Å²) in [6.07, 6.45) is 18.2. The third-order valence-corrected chi connectivity index (χ3v) is 5.36. The highest BCUT2D eigenvalue weighted by molar-refractivity contribution is 5.66. The monoisotopic (exact) mass is 350 g/mol. The summed E-state index contributed by atoms with van der Waals surface area (Å²) in [6.45, 7) is 3.71. The number of fused-ring (bicyclic) bond motifs is 2. The fraction of sp³-hybridized carbons (Fsp3) is 0.762. The summed E-state index contributed by atoms with van der Waals surface area (Å²) in [6, 6.07) is 0. The van der Waals surface area contributed by atoms with Gasteiger partial charge in [-0.1, -0.05) is 37.6 Å². The molecule has 0 radical (unpaired) electrons. The second-order valence-electron chi connectivity index (χ2n) is 7.23. The van der Waals surface area contributed by atoms with E-state index in [1.807, 2.05) is 0 Å². The van der Waals surface area contributed by atoms with Gasteiger partial charge in [-0.3, -0.25) is 4.79 Å². The van der Waals surface area contributed by atoms with E-state index in [0.29, 0.717) is 24.0 Å². The number of hydrogen-bond donors (Lipinski definition) is 1. The zero-order valence-corrected chi connectivity index (χ0v) is 15.6. The van der Waals surface area contributed by atoms with Crippen LogP contribution in [-0.4, -0.2) is 36.5 Å². The largest absolute Gasteiger partial charge is 0.481 e. The summed E-state index contributed by atoms with van der Waals surface area (Å²) >= 11 is 0. The Labute approximate surface area is 152 Å². The standard InChI is InChI=1S/C21H34O4/c1-2-3-4-9-15-24-16-14-18-17(19-12-13-20(18)25-19)10-7-5-6-8-11-21(22)23/h4-5,7,9,17-20H,2-3,6,8,10-16H2,1H3,(H,22,23)/t17-,18+,19-,20+/m1/s1. The highest BCUT2D eigenvalue weighted by Gasteiger charge is 2.47. The predicted octanol–water partition coefficient (Wildman–Crippen LogP) is 4.74. The number of allylic oxidation sites excluding steroid dienone is 3. The Morgan fingerprint density at radius 1 is 1.12 bits per heavy atom. The smallest absolute Gasteiger partial charge is 0.303 e. The first-order chi connectivity index (χ1) is 12.2. The Bertz CT molecular complexity index is 443. The SMILES string of the molecule is CCCC=CCOCC[C@H]1[C@@H](CC=CCCCC(=O)O)[C@H]2CC[C@@H]1O2. The lowest BCUT2D eigenvalue weighted by Crippen LogP contribution is -2.28. The van der Waals surface area contributed by atoms with E-state index in [1.54, 1.807) is 0 Å². The van der Waals surface area contributed by atoms with Crippen LogP contribution in [0, 0.1) is 11.8 Å². The van der Waals surface area contributed by atoms with Gasteiger partial charge in [-0.2, -0.15) is 0 Å². The van der Waals surface area contributed by atoms with Crippen LogP contribution in [0.1, 0.15) is 64.7 Å². The van der Waals surface area contributed by atoms with E-state index in [9.17, 15) is 4.79 Å². The molecule has 4 nitrogen and oxygen atoms in total. The normalized spacial score (nSPS) is 28.5. The van der Waals surface area contributed by atoms with E-state index >= 15 is 0 Å². The highest BCUT2D eigenvalue weighted by Crippen LogP contribution is 2.46. The minimum absolute atomic E-state index is 0.258. The van der Waals surface area contributed by atoms with Gasteiger partial charge in [0.05, 0.1) is 18.8 Å². The molecule has 2 saturated heterocycles. The molecule has 4 atom stereocenters. The van der Waals surface area contributed by atoms with Crippen molar-refractivity contribution in [3.63, 3.8) is 0 Å². The van der Waals surface area contributed by atoms with Crippen molar-refractivity contribution < 1.29 is 19.4 Å². The van der Waals surface area contributed by atoms with Crippen molar-refractivity contribution in [1.29, 1.82) is 0 Å². The molecule has 2 rings (SSSR count). The lowest BCUT2D eigenvalue weighted by atomic mass is 9.76. The van der Waals surface area contributed by atoms with Crippen molar-refractivity contribution in [2.45, 2.75) is 76.9 Å². The minimum atomic E-state index is -0.709. The molecular formula is C21H34O4. The van der Waals surface area contributed by atoms with Gasteiger partial charge in [-0.15, -0.1) is 0 Å². The number of carboxylic acids is 1. The molecule has 0 amide bonds. The molecule has 0 aromatic rings. The molecule has 0 aromatic carbocycles. The fourth-order valence-electron chi connectivity index (χ4n) is 4.06. The van der Waals surface area contributed by atoms with Crippen LogP contribution in [-0.2, 0) is 14.3 Å². The van der Waals surface area contributed by atoms with Crippen LogP contribution in [0.4, 0.5) is 0 Å². The Morgan fingerprint density at radius 3 is 2.64 bits per heavy atom. The van der Waals surface area contributed by atoms with Gasteiger partial charge in [0.2, 0.25) is 0 Å². The maximum absolute atomic E-state index is 10.5. The third-order valence-electron chi connectivity index (χ3n) is 5.36. The summed E-state index contributed by atoms with van der Waals surface area (Å²) in [4.78, 5) is 10.5. The zero-order chi connectivity index (χ0) is 17.9. The van der Waals surface area contributed by atoms with Gasteiger partial charge < -0.3 is 14.6 Å². The average Bonchev–Trinajstić information content (AvgIpc) is 3.19. The summed E-state index contributed by atoms with van der Waals surface area (Å²) in [7, 11) is 0. The summed E-state index contributed by atoms with van der Waals surface area (Å²) < 4.78 is 11.9. The summed E-state index contributed by atoms with van der Waals surface area (Å²) in [5.41, 5.74) is 0. The second-order valence-corrected chi connectivity index (χ2v) is 7.23. The van der Waals surface area contributed by atoms with Crippen molar-refractivity contribution in [3.8, 4) is 0 Å². The highest BCUT2D eigenvalue weighted by atomic mass is 16.5. The van der Waals surface area contributed by atoms with Gasteiger partial charge in [0.1, 0.15) is 0 Å². The summed E-state index contributed by atoms with van der Waals surface area (Å²) in [5, 5.41) is 8.66. The van der Waals surface area contributed by atoms with Crippen molar-refractivity contribution in [2.24, 2.45) is 11.8 Å². The maximum atomic E-state index is 10.5. The first kappa shape index (κ1) is 20.2. The number of unbranched alkanes of at least 4 members (excludes halogenated alkanes) is 2. The van der Waals surface area contributed by atoms with E-state index in [0.717, 1.165) is 45.3 Å². The molecule has 4 heteroatoms. The minimum Gasteiger partial charge on any atom is -0.481 e. The average molecular weight is 350 g/mol. The molecule has 25 heavy (non-hydrogen) atoms. The lowest BCUT2D eigenvalue weighted by Gasteiger charge is -2.27. The molecular weight excluding hydrogens is 316 g/mol. The Balaban J connectivity index is 1.66. The maximum Gasteiger partial charge on any atom is 0.303 e. The third kappa shape index (κ3) is 6.95. The van der Waals surface area contributed by atoms with Crippen molar-refractivity contribution in [2.75, 3.05) is 13.2 Å². The number of carboxylic acid groups (broad SMARTS) is 1. The van der Waals surface area contributed by atoms with Gasteiger partial charge in [-0.25, -0.2) is 0 Å². The van der Waals surface area contributed by atoms with Gasteiger partial charge in [0.25, 0.3) is 0 Å². The molecule has 2 heterocycles. The van der Waals surface area contributed by atoms with Crippen LogP contribution in [0.5, 0.6) is 0 Å². The number of rotatable bonds is 13. The van der Waals surface area contributed by atoms with Crippen LogP contribution < -0.4 is 0 Å². The van der Waals surface area contributed by atoms with E-state index in [1.165, 1.54) is 19.3 Å². The molecule has 0 saturated carbocycles. The fourth-order valence-corrected chi connectivity index (χ4v) is 4.06. The lowest BCUT2D eigenvalue weighted by molar-refractivity contribution is -0.137. The van der Waals surface area contributed by atoms with Crippen LogP contribution >= 0.6 is 0 Å². The van der Waals surface area contributed by atoms with Crippen molar-refractivity contribution >= 4 is 5.97 Å². The van der Waals surface area contributed by atoms with Crippen molar-refractivity contribution in [1.82, 2.24) is 0 Å². The molecule has 2 aliphatic heterocycles. The van der Waals surface area contributed by atoms with Gasteiger partial charge in [0.15, 0.2) is 0 Å². The zero-order valence-electron chi connectivity index (χ0n) is 15.6. The second kappa shape index (κ2) is 11.5. The number of aliphatic carboxylic acids is 1. The molecule has 0 aliphatic carbocycles. The molecule has 2 fully saturated rings. The molecule has 1 N–H and O–H groups in total. The molecule has 2 bridgehead atoms. The van der Waals surface area contributed by atoms with Gasteiger partial charge in [-0.05, 0) is 56.8 Å². The van der Waals surface area contributed by atoms with E-state index in [2.05, 4.69) is 31.2 Å². The van der Waals surface area contributed by atoms with Crippen LogP contribution in [0.2, 0.25) is 0 Å². The van der Waals surface area contributed by atoms with E-state index in [-0.39, 0.29) is 6.42 Å². The molecule has 0 spiro atoms. The van der Waals surface area contributed by atoms with E-state index < -0.39 is 5.97 Å². The number of carbonyl (C=O) groups is 1. The van der Waals surface area contributed by atoms with E-state index in [4.69, 9.17) is 14.6 Å². The molecule has 2 aliphatic rings. The quantitative estimate of drug-likeness (QED) is 0.385. The number of ether oxygens (including phenoxy) is 2. The Morgan fingerprint density at radius 2 is 1.88 bits per heavy atom. The number of hydrogen-bond acceptors (Lipinski definition) is 3. The molecule has 0 unspecified atom stereocenters. The Hall–Kier alpha value is -1.13. The van der Waals surface area contributed by atoms with Crippen molar-refractivity contribution in [3.05, 3.63) is 24.3 Å². The first-order valence-electron chi connectivity index (χ1n) is 9.97. The van der Waals surface area contributed by atoms with Gasteiger partial charge in [0, 0.05) is 13.0 Å². The summed E-state index contributed by atoms with van der Waals surface area (Å²) in [5.74, 6) is 0.509. The van der Waals surface area contributed by atoms with Crippen LogP contribution in [0.15, 0.2) is 24.3 Å².